The summed E-state index contributed by atoms with van der Waals surface area (Å²) in [6.07, 6.45) is 2.95. The van der Waals surface area contributed by atoms with Crippen LogP contribution in [0.5, 0.6) is 0 Å². The van der Waals surface area contributed by atoms with Crippen molar-refractivity contribution in [3.8, 4) is 0 Å². The van der Waals surface area contributed by atoms with E-state index < -0.39 is 4.92 Å². The van der Waals surface area contributed by atoms with Crippen LogP contribution in [0.15, 0.2) is 24.7 Å². The Balaban J connectivity index is 1.42. The van der Waals surface area contributed by atoms with Crippen LogP contribution in [-0.2, 0) is 4.74 Å². The van der Waals surface area contributed by atoms with Gasteiger partial charge in [-0.15, -0.1) is 0 Å². The van der Waals surface area contributed by atoms with Gasteiger partial charge >= 0.3 is 0 Å². The number of nitrogens with zero attached hydrogens (tertiary/aromatic N) is 7. The molecule has 0 saturated carbocycles. The fourth-order valence-electron chi connectivity index (χ4n) is 3.61. The highest BCUT2D eigenvalue weighted by Crippen LogP contribution is 2.25. The maximum atomic E-state index is 10.9. The lowest BCUT2D eigenvalue weighted by molar-refractivity contribution is -0.385. The maximum Gasteiger partial charge on any atom is 0.287 e. The molecule has 0 spiro atoms. The highest BCUT2D eigenvalue weighted by atomic mass is 16.6. The van der Waals surface area contributed by atoms with Gasteiger partial charge in [-0.1, -0.05) is 0 Å². The van der Waals surface area contributed by atoms with Gasteiger partial charge in [-0.25, -0.2) is 15.0 Å². The van der Waals surface area contributed by atoms with Gasteiger partial charge in [0.15, 0.2) is 0 Å². The van der Waals surface area contributed by atoms with E-state index in [9.17, 15) is 10.1 Å². The third-order valence-electron chi connectivity index (χ3n) is 5.12. The molecule has 0 amide bonds. The summed E-state index contributed by atoms with van der Waals surface area (Å²) in [4.78, 5) is 30.3. The zero-order valence-corrected chi connectivity index (χ0v) is 15.8. The highest BCUT2D eigenvalue weighted by Gasteiger charge is 2.22. The van der Waals surface area contributed by atoms with Crippen molar-refractivity contribution in [3.63, 3.8) is 0 Å². The van der Waals surface area contributed by atoms with E-state index in [1.54, 1.807) is 12.4 Å². The van der Waals surface area contributed by atoms with Gasteiger partial charge in [0.05, 0.1) is 18.1 Å². The summed E-state index contributed by atoms with van der Waals surface area (Å²) in [5.74, 6) is 2.66. The monoisotopic (exact) mass is 385 g/mol. The van der Waals surface area contributed by atoms with E-state index in [0.717, 1.165) is 75.5 Å². The molecule has 0 aromatic carbocycles. The van der Waals surface area contributed by atoms with Crippen LogP contribution < -0.4 is 14.7 Å². The minimum Gasteiger partial charge on any atom is -0.378 e. The van der Waals surface area contributed by atoms with Crippen molar-refractivity contribution in [2.24, 2.45) is 0 Å². The van der Waals surface area contributed by atoms with Crippen LogP contribution in [0.1, 0.15) is 5.56 Å². The van der Waals surface area contributed by atoms with Gasteiger partial charge in [-0.3, -0.25) is 10.1 Å². The van der Waals surface area contributed by atoms with Crippen LogP contribution in [0.4, 0.5) is 23.1 Å². The number of ether oxygens (including phenoxy) is 1. The lowest BCUT2D eigenvalue weighted by atomic mass is 10.2. The Morgan fingerprint density at radius 1 is 0.929 bits per heavy atom. The quantitative estimate of drug-likeness (QED) is 0.568. The molecule has 10 heteroatoms. The van der Waals surface area contributed by atoms with Crippen molar-refractivity contribution in [2.75, 3.05) is 67.2 Å². The number of aryl methyl sites for hydroxylation is 1. The van der Waals surface area contributed by atoms with E-state index >= 15 is 0 Å². The second-order valence-electron chi connectivity index (χ2n) is 6.90. The van der Waals surface area contributed by atoms with Gasteiger partial charge in [-0.2, -0.15) is 0 Å². The Bertz CT molecular complexity index is 849. The molecular formula is C18H23N7O3. The molecule has 0 bridgehead atoms. The Kier molecular flexibility index (Phi) is 5.20. The predicted molar refractivity (Wildman–Crippen MR) is 105 cm³/mol. The van der Waals surface area contributed by atoms with Gasteiger partial charge in [0.2, 0.25) is 0 Å². The van der Waals surface area contributed by atoms with Crippen LogP contribution >= 0.6 is 0 Å². The molecule has 28 heavy (non-hydrogen) atoms. The molecule has 0 aliphatic carbocycles. The van der Waals surface area contributed by atoms with Gasteiger partial charge in [0.25, 0.3) is 5.69 Å². The number of pyridine rings is 1. The van der Waals surface area contributed by atoms with Crippen LogP contribution in [0.2, 0.25) is 0 Å². The Morgan fingerprint density at radius 2 is 1.54 bits per heavy atom. The van der Waals surface area contributed by atoms with E-state index in [-0.39, 0.29) is 5.69 Å². The zero-order chi connectivity index (χ0) is 19.5. The number of nitro groups is 1. The zero-order valence-electron chi connectivity index (χ0n) is 15.8. The molecule has 148 valence electrons. The van der Waals surface area contributed by atoms with Crippen LogP contribution in [-0.4, -0.2) is 72.4 Å². The second-order valence-corrected chi connectivity index (χ2v) is 6.90. The Morgan fingerprint density at radius 3 is 2.14 bits per heavy atom. The van der Waals surface area contributed by atoms with Crippen LogP contribution in [0, 0.1) is 17.0 Å². The number of rotatable bonds is 4. The number of aromatic nitrogens is 3. The molecule has 2 saturated heterocycles. The first-order valence-corrected chi connectivity index (χ1v) is 9.37. The third kappa shape index (κ3) is 3.81. The molecule has 0 unspecified atom stereocenters. The number of morpholine rings is 1. The van der Waals surface area contributed by atoms with Crippen molar-refractivity contribution in [1.82, 2.24) is 15.0 Å². The highest BCUT2D eigenvalue weighted by molar-refractivity contribution is 5.54. The Hall–Kier alpha value is -3.01. The molecule has 0 atom stereocenters. The van der Waals surface area contributed by atoms with E-state index in [0.29, 0.717) is 0 Å². The summed E-state index contributed by atoms with van der Waals surface area (Å²) in [6, 6.07) is 3.62. The second kappa shape index (κ2) is 7.93. The van der Waals surface area contributed by atoms with Crippen molar-refractivity contribution in [2.45, 2.75) is 6.92 Å². The number of hydrogen-bond acceptors (Lipinski definition) is 9. The minimum absolute atomic E-state index is 0.0245. The largest absolute Gasteiger partial charge is 0.378 e. The van der Waals surface area contributed by atoms with E-state index in [1.807, 2.05) is 13.0 Å². The van der Waals surface area contributed by atoms with E-state index in [2.05, 4.69) is 29.7 Å². The summed E-state index contributed by atoms with van der Waals surface area (Å²) >= 11 is 0. The molecule has 2 aromatic rings. The normalized spacial score (nSPS) is 17.7. The van der Waals surface area contributed by atoms with E-state index in [1.165, 1.54) is 6.20 Å². The molecule has 0 N–H and O–H groups in total. The first-order valence-electron chi connectivity index (χ1n) is 9.37. The fraction of sp³-hybridized carbons (Fsp3) is 0.500. The van der Waals surface area contributed by atoms with Gasteiger partial charge in [-0.05, 0) is 12.5 Å². The molecule has 2 fully saturated rings. The van der Waals surface area contributed by atoms with Crippen LogP contribution in [0.3, 0.4) is 0 Å². The average molecular weight is 385 g/mol. The topological polar surface area (TPSA) is 101 Å². The summed E-state index contributed by atoms with van der Waals surface area (Å²) in [7, 11) is 0. The summed E-state index contributed by atoms with van der Waals surface area (Å²) < 4.78 is 5.41. The number of anilines is 3. The van der Waals surface area contributed by atoms with Gasteiger partial charge in [0.1, 0.15) is 30.0 Å². The SMILES string of the molecule is Cc1cc([N+](=O)[O-])cnc1N1CCN(c2cc(N3CCOCC3)ncn2)CC1. The standard InChI is InChI=1S/C18H23N7O3/c1-14-10-15(25(26)27)12-19-18(14)24-4-2-22(3-5-24)16-11-17(21-13-20-16)23-6-8-28-9-7-23/h10-13H,2-9H2,1H3. The average Bonchev–Trinajstić information content (AvgIpc) is 2.74. The van der Waals surface area contributed by atoms with Crippen molar-refractivity contribution < 1.29 is 9.66 Å². The summed E-state index contributed by atoms with van der Waals surface area (Å²) in [6.45, 7) is 8.16. The van der Waals surface area contributed by atoms with E-state index in [4.69, 9.17) is 4.74 Å². The third-order valence-corrected chi connectivity index (χ3v) is 5.12. The van der Waals surface area contributed by atoms with Crippen molar-refractivity contribution >= 4 is 23.1 Å². The Labute approximate surface area is 162 Å². The molecule has 0 radical (unpaired) electrons. The molecule has 2 aliphatic heterocycles. The molecule has 2 aliphatic rings. The molecular weight excluding hydrogens is 362 g/mol. The summed E-state index contributed by atoms with van der Waals surface area (Å²) in [5.41, 5.74) is 0.843. The van der Waals surface area contributed by atoms with Gasteiger partial charge in [0, 0.05) is 51.4 Å². The molecule has 10 nitrogen and oxygen atoms in total. The van der Waals surface area contributed by atoms with Crippen LogP contribution in [0.25, 0.3) is 0 Å². The maximum absolute atomic E-state index is 10.9. The minimum atomic E-state index is -0.414. The smallest absolute Gasteiger partial charge is 0.287 e. The fourth-order valence-corrected chi connectivity index (χ4v) is 3.61. The first-order chi connectivity index (χ1) is 13.6. The molecule has 4 rings (SSSR count). The lowest BCUT2D eigenvalue weighted by Crippen LogP contribution is -2.47. The summed E-state index contributed by atoms with van der Waals surface area (Å²) in [5, 5.41) is 10.9. The van der Waals surface area contributed by atoms with Gasteiger partial charge < -0.3 is 19.4 Å². The first kappa shape index (κ1) is 18.4. The van der Waals surface area contributed by atoms with Crippen molar-refractivity contribution in [3.05, 3.63) is 40.3 Å². The number of piperazine rings is 1. The molecule has 4 heterocycles. The molecule has 2 aromatic heterocycles. The van der Waals surface area contributed by atoms with Crippen molar-refractivity contribution in [1.29, 1.82) is 0 Å². The lowest BCUT2D eigenvalue weighted by Gasteiger charge is -2.37. The number of hydrogen-bond donors (Lipinski definition) is 0. The predicted octanol–water partition coefficient (Wildman–Crippen LogP) is 1.25.